The number of rotatable bonds is 8. The fourth-order valence-corrected chi connectivity index (χ4v) is 5.66. The van der Waals surface area contributed by atoms with E-state index < -0.39 is 16.0 Å². The van der Waals surface area contributed by atoms with Crippen molar-refractivity contribution in [2.75, 3.05) is 13.7 Å². The standard InChI is InChI=1S/C28H28N2O5S/c1-19-15-20(2)25-17-23(27(31)29-26(25)16-19)18-30(14-13-21-7-5-4-6-8-21)36(33,34)24-11-9-22(10-12-24)28(32)35-3/h4-12,15-17H,13-14,18H2,1-3H3,(H,29,31). The van der Waals surface area contributed by atoms with Crippen molar-refractivity contribution in [1.82, 2.24) is 9.29 Å². The van der Waals surface area contributed by atoms with E-state index >= 15 is 0 Å². The van der Waals surface area contributed by atoms with Gasteiger partial charge in [-0.2, -0.15) is 4.31 Å². The number of hydrogen-bond acceptors (Lipinski definition) is 5. The van der Waals surface area contributed by atoms with Crippen LogP contribution in [-0.4, -0.2) is 37.3 Å². The van der Waals surface area contributed by atoms with Crippen LogP contribution in [0.5, 0.6) is 0 Å². The summed E-state index contributed by atoms with van der Waals surface area (Å²) < 4.78 is 33.4. The van der Waals surface area contributed by atoms with E-state index in [4.69, 9.17) is 4.74 Å². The third-order valence-corrected chi connectivity index (χ3v) is 8.00. The van der Waals surface area contributed by atoms with E-state index in [1.807, 2.05) is 56.3 Å². The fraction of sp³-hybridized carbons (Fsp3) is 0.214. The Balaban J connectivity index is 1.72. The molecule has 1 heterocycles. The van der Waals surface area contributed by atoms with Crippen LogP contribution in [0.3, 0.4) is 0 Å². The third-order valence-electron chi connectivity index (χ3n) is 6.14. The lowest BCUT2D eigenvalue weighted by atomic mass is 10.0. The average molecular weight is 505 g/mol. The van der Waals surface area contributed by atoms with Gasteiger partial charge in [-0.3, -0.25) is 4.79 Å². The number of aromatic amines is 1. The summed E-state index contributed by atoms with van der Waals surface area (Å²) in [4.78, 5) is 27.7. The zero-order valence-corrected chi connectivity index (χ0v) is 21.3. The molecule has 0 saturated heterocycles. The fourth-order valence-electron chi connectivity index (χ4n) is 4.24. The largest absolute Gasteiger partial charge is 0.465 e. The molecule has 0 amide bonds. The van der Waals surface area contributed by atoms with Crippen LogP contribution in [0.4, 0.5) is 0 Å². The topological polar surface area (TPSA) is 96.5 Å². The molecule has 36 heavy (non-hydrogen) atoms. The van der Waals surface area contributed by atoms with E-state index in [2.05, 4.69) is 4.98 Å². The van der Waals surface area contributed by atoms with Gasteiger partial charge in [0, 0.05) is 29.6 Å². The number of aromatic nitrogens is 1. The number of pyridine rings is 1. The average Bonchev–Trinajstić information content (AvgIpc) is 2.87. The molecule has 1 aromatic heterocycles. The highest BCUT2D eigenvalue weighted by Crippen LogP contribution is 2.22. The quantitative estimate of drug-likeness (QED) is 0.360. The molecule has 0 atom stereocenters. The Morgan fingerprint density at radius 3 is 2.33 bits per heavy atom. The van der Waals surface area contributed by atoms with Crippen LogP contribution in [0.25, 0.3) is 10.9 Å². The molecule has 4 rings (SSSR count). The van der Waals surface area contributed by atoms with Gasteiger partial charge in [0.2, 0.25) is 10.0 Å². The molecule has 0 unspecified atom stereocenters. The van der Waals surface area contributed by atoms with Gasteiger partial charge in [-0.05, 0) is 73.4 Å². The van der Waals surface area contributed by atoms with Gasteiger partial charge in [0.05, 0.1) is 17.6 Å². The predicted molar refractivity (Wildman–Crippen MR) is 140 cm³/mol. The van der Waals surface area contributed by atoms with Crippen LogP contribution in [0.1, 0.15) is 32.6 Å². The molecular formula is C28H28N2O5S. The molecule has 1 N–H and O–H groups in total. The Hall–Kier alpha value is -3.75. The summed E-state index contributed by atoms with van der Waals surface area (Å²) in [7, 11) is -2.71. The van der Waals surface area contributed by atoms with Crippen LogP contribution < -0.4 is 5.56 Å². The number of benzene rings is 3. The summed E-state index contributed by atoms with van der Waals surface area (Å²) in [6.45, 7) is 4.01. The van der Waals surface area contributed by atoms with E-state index in [1.54, 1.807) is 6.07 Å². The Bertz CT molecular complexity index is 1560. The monoisotopic (exact) mass is 504 g/mol. The Morgan fingerprint density at radius 2 is 1.67 bits per heavy atom. The second-order valence-corrected chi connectivity index (χ2v) is 10.7. The normalized spacial score (nSPS) is 11.7. The zero-order chi connectivity index (χ0) is 25.9. The number of aryl methyl sites for hydroxylation is 2. The zero-order valence-electron chi connectivity index (χ0n) is 20.4. The minimum absolute atomic E-state index is 0.0345. The van der Waals surface area contributed by atoms with Crippen LogP contribution in [0, 0.1) is 13.8 Å². The summed E-state index contributed by atoms with van der Waals surface area (Å²) in [5, 5.41) is 0.873. The molecule has 4 aromatic rings. The highest BCUT2D eigenvalue weighted by molar-refractivity contribution is 7.89. The van der Waals surface area contributed by atoms with Gasteiger partial charge in [-0.25, -0.2) is 13.2 Å². The van der Waals surface area contributed by atoms with Crippen molar-refractivity contribution < 1.29 is 17.9 Å². The first-order valence-corrected chi connectivity index (χ1v) is 13.0. The number of sulfonamides is 1. The molecule has 3 aromatic carbocycles. The molecule has 0 aliphatic heterocycles. The number of fused-ring (bicyclic) bond motifs is 1. The number of H-pyrrole nitrogens is 1. The lowest BCUT2D eigenvalue weighted by Crippen LogP contribution is -2.34. The number of nitrogens with zero attached hydrogens (tertiary/aromatic N) is 1. The maximum atomic E-state index is 13.7. The van der Waals surface area contributed by atoms with E-state index in [9.17, 15) is 18.0 Å². The Morgan fingerprint density at radius 1 is 0.972 bits per heavy atom. The molecule has 8 heteroatoms. The Kier molecular flexibility index (Phi) is 7.37. The molecule has 0 fully saturated rings. The smallest absolute Gasteiger partial charge is 0.337 e. The number of esters is 1. The van der Waals surface area contributed by atoms with E-state index in [1.165, 1.54) is 35.7 Å². The summed E-state index contributed by atoms with van der Waals surface area (Å²) in [5.74, 6) is -0.548. The molecule has 0 radical (unpaired) electrons. The SMILES string of the molecule is COC(=O)c1ccc(S(=O)(=O)N(CCc2ccccc2)Cc2cc3c(C)cc(C)cc3[nH]c2=O)cc1. The maximum Gasteiger partial charge on any atom is 0.337 e. The van der Waals surface area contributed by atoms with Crippen molar-refractivity contribution in [3.8, 4) is 0 Å². The lowest BCUT2D eigenvalue weighted by Gasteiger charge is -2.22. The van der Waals surface area contributed by atoms with Crippen molar-refractivity contribution in [1.29, 1.82) is 0 Å². The second-order valence-electron chi connectivity index (χ2n) is 8.76. The molecular weight excluding hydrogens is 476 g/mol. The maximum absolute atomic E-state index is 13.7. The minimum Gasteiger partial charge on any atom is -0.465 e. The van der Waals surface area contributed by atoms with Gasteiger partial charge >= 0.3 is 5.97 Å². The predicted octanol–water partition coefficient (Wildman–Crippen LogP) is 4.37. The van der Waals surface area contributed by atoms with Gasteiger partial charge in [0.1, 0.15) is 0 Å². The second kappa shape index (κ2) is 10.5. The van der Waals surface area contributed by atoms with Gasteiger partial charge < -0.3 is 9.72 Å². The van der Waals surface area contributed by atoms with Gasteiger partial charge in [0.15, 0.2) is 0 Å². The van der Waals surface area contributed by atoms with Crippen LogP contribution in [0.15, 0.2) is 82.5 Å². The van der Waals surface area contributed by atoms with Crippen LogP contribution in [0.2, 0.25) is 0 Å². The number of ether oxygens (including phenoxy) is 1. The highest BCUT2D eigenvalue weighted by Gasteiger charge is 2.26. The van der Waals surface area contributed by atoms with Gasteiger partial charge in [-0.15, -0.1) is 0 Å². The number of hydrogen-bond donors (Lipinski definition) is 1. The molecule has 7 nitrogen and oxygen atoms in total. The lowest BCUT2D eigenvalue weighted by molar-refractivity contribution is 0.0600. The van der Waals surface area contributed by atoms with Crippen LogP contribution in [-0.2, 0) is 27.7 Å². The van der Waals surface area contributed by atoms with Gasteiger partial charge in [-0.1, -0.05) is 36.4 Å². The van der Waals surface area contributed by atoms with Gasteiger partial charge in [0.25, 0.3) is 5.56 Å². The van der Waals surface area contributed by atoms with Crippen molar-refractivity contribution >= 4 is 26.9 Å². The minimum atomic E-state index is -3.98. The van der Waals surface area contributed by atoms with Crippen molar-refractivity contribution in [2.45, 2.75) is 31.7 Å². The first-order valence-electron chi connectivity index (χ1n) is 11.5. The molecule has 0 saturated carbocycles. The molecule has 0 spiro atoms. The third kappa shape index (κ3) is 5.40. The van der Waals surface area contributed by atoms with Crippen molar-refractivity contribution in [2.24, 2.45) is 0 Å². The first kappa shape index (κ1) is 25.3. The number of nitrogens with one attached hydrogen (secondary N) is 1. The summed E-state index contributed by atoms with van der Waals surface area (Å²) >= 11 is 0. The number of carbonyl (C=O) groups excluding carboxylic acids is 1. The van der Waals surface area contributed by atoms with Crippen molar-refractivity contribution in [3.05, 3.63) is 111 Å². The Labute approximate surface area is 210 Å². The number of methoxy groups -OCH3 is 1. The summed E-state index contributed by atoms with van der Waals surface area (Å²) in [6.07, 6.45) is 0.476. The van der Waals surface area contributed by atoms with E-state index in [0.29, 0.717) is 12.0 Å². The highest BCUT2D eigenvalue weighted by atomic mass is 32.2. The molecule has 0 bridgehead atoms. The molecule has 0 aliphatic carbocycles. The van der Waals surface area contributed by atoms with E-state index in [0.717, 1.165) is 27.6 Å². The number of carbonyl (C=O) groups is 1. The van der Waals surface area contributed by atoms with Crippen molar-refractivity contribution in [3.63, 3.8) is 0 Å². The van der Waals surface area contributed by atoms with E-state index in [-0.39, 0.29) is 29.1 Å². The summed E-state index contributed by atoms with van der Waals surface area (Å²) in [6, 6.07) is 20.9. The summed E-state index contributed by atoms with van der Waals surface area (Å²) in [5.41, 5.74) is 4.02. The molecule has 186 valence electrons. The first-order chi connectivity index (χ1) is 17.2. The molecule has 0 aliphatic rings. The van der Waals surface area contributed by atoms with Crippen LogP contribution >= 0.6 is 0 Å².